The van der Waals surface area contributed by atoms with Crippen LogP contribution in [-0.4, -0.2) is 28.3 Å². The standard InChI is InChI=1S/C26H22ClN3O4/c1-16-10-11-24-23(12-16)29(26(32)34-24)15-25(31)30-22(19-8-3-4-9-20(19)27)14-21(28-30)17-6-5-7-18(13-17)33-2/h3-13,22H,14-15H2,1-2H3. The van der Waals surface area contributed by atoms with Crippen molar-refractivity contribution in [2.24, 2.45) is 5.10 Å². The number of oxazole rings is 1. The van der Waals surface area contributed by atoms with E-state index in [1.54, 1.807) is 19.2 Å². The lowest BCUT2D eigenvalue weighted by Crippen LogP contribution is -2.32. The molecule has 34 heavy (non-hydrogen) atoms. The molecular weight excluding hydrogens is 454 g/mol. The molecule has 0 N–H and O–H groups in total. The van der Waals surface area contributed by atoms with Crippen LogP contribution in [0.15, 0.2) is 81.0 Å². The lowest BCUT2D eigenvalue weighted by Gasteiger charge is -2.23. The topological polar surface area (TPSA) is 77.0 Å². The van der Waals surface area contributed by atoms with E-state index in [0.717, 1.165) is 22.4 Å². The third kappa shape index (κ3) is 3.99. The van der Waals surface area contributed by atoms with Crippen LogP contribution in [0.1, 0.15) is 29.2 Å². The van der Waals surface area contributed by atoms with Gasteiger partial charge in [0.15, 0.2) is 5.58 Å². The quantitative estimate of drug-likeness (QED) is 0.409. The van der Waals surface area contributed by atoms with E-state index in [9.17, 15) is 9.59 Å². The van der Waals surface area contributed by atoms with Crippen LogP contribution in [0.5, 0.6) is 5.75 Å². The summed E-state index contributed by atoms with van der Waals surface area (Å²) in [6.45, 7) is 1.72. The first-order valence-electron chi connectivity index (χ1n) is 10.8. The summed E-state index contributed by atoms with van der Waals surface area (Å²) in [7, 11) is 1.60. The van der Waals surface area contributed by atoms with Crippen LogP contribution in [-0.2, 0) is 11.3 Å². The zero-order valence-corrected chi connectivity index (χ0v) is 19.5. The highest BCUT2D eigenvalue weighted by Crippen LogP contribution is 2.37. The number of halogens is 1. The van der Waals surface area contributed by atoms with Gasteiger partial charge in [0.2, 0.25) is 0 Å². The van der Waals surface area contributed by atoms with Crippen molar-refractivity contribution in [2.45, 2.75) is 25.9 Å². The van der Waals surface area contributed by atoms with E-state index in [0.29, 0.717) is 28.3 Å². The monoisotopic (exact) mass is 475 g/mol. The SMILES string of the molecule is COc1cccc(C2=NN(C(=O)Cn3c(=O)oc4ccc(C)cc43)C(c3ccccc3Cl)C2)c1. The lowest BCUT2D eigenvalue weighted by atomic mass is 9.98. The Labute approximate surface area is 200 Å². The number of hydrogen-bond acceptors (Lipinski definition) is 5. The Hall–Kier alpha value is -3.84. The fourth-order valence-corrected chi connectivity index (χ4v) is 4.50. The zero-order valence-electron chi connectivity index (χ0n) is 18.7. The van der Waals surface area contributed by atoms with Gasteiger partial charge in [-0.15, -0.1) is 0 Å². The van der Waals surface area contributed by atoms with Crippen molar-refractivity contribution in [3.05, 3.63) is 99.0 Å². The summed E-state index contributed by atoms with van der Waals surface area (Å²) < 4.78 is 12.0. The number of hydrogen-bond donors (Lipinski definition) is 0. The summed E-state index contributed by atoms with van der Waals surface area (Å²) in [6.07, 6.45) is 0.475. The number of hydrazone groups is 1. The fourth-order valence-electron chi connectivity index (χ4n) is 4.23. The van der Waals surface area contributed by atoms with E-state index in [1.807, 2.05) is 61.5 Å². The normalized spacial score (nSPS) is 15.6. The van der Waals surface area contributed by atoms with E-state index in [-0.39, 0.29) is 12.5 Å². The molecule has 0 saturated heterocycles. The molecule has 1 amide bonds. The minimum Gasteiger partial charge on any atom is -0.497 e. The number of amides is 1. The molecule has 3 aromatic carbocycles. The highest BCUT2D eigenvalue weighted by Gasteiger charge is 2.34. The van der Waals surface area contributed by atoms with Gasteiger partial charge in [-0.2, -0.15) is 5.10 Å². The first-order valence-corrected chi connectivity index (χ1v) is 11.2. The summed E-state index contributed by atoms with van der Waals surface area (Å²) in [5.74, 6) is -0.223. The highest BCUT2D eigenvalue weighted by molar-refractivity contribution is 6.31. The molecule has 0 radical (unpaired) electrons. The minimum absolute atomic E-state index is 0.203. The molecule has 0 bridgehead atoms. The summed E-state index contributed by atoms with van der Waals surface area (Å²) in [5.41, 5.74) is 4.35. The molecule has 1 atom stereocenters. The van der Waals surface area contributed by atoms with Crippen LogP contribution in [0.4, 0.5) is 0 Å². The molecule has 0 aliphatic carbocycles. The molecule has 2 heterocycles. The maximum absolute atomic E-state index is 13.5. The van der Waals surface area contributed by atoms with Gasteiger partial charge in [-0.1, -0.05) is 48.0 Å². The number of benzene rings is 3. The number of fused-ring (bicyclic) bond motifs is 1. The number of carbonyl (C=O) groups excluding carboxylic acids is 1. The first-order chi connectivity index (χ1) is 16.4. The zero-order chi connectivity index (χ0) is 23.8. The largest absolute Gasteiger partial charge is 0.497 e. The summed E-state index contributed by atoms with van der Waals surface area (Å²) in [5, 5.41) is 6.66. The molecule has 0 saturated carbocycles. The van der Waals surface area contributed by atoms with Gasteiger partial charge in [0, 0.05) is 17.0 Å². The van der Waals surface area contributed by atoms with E-state index in [2.05, 4.69) is 5.10 Å². The second-order valence-electron chi connectivity index (χ2n) is 8.18. The molecule has 7 nitrogen and oxygen atoms in total. The van der Waals surface area contributed by atoms with Crippen molar-refractivity contribution < 1.29 is 13.9 Å². The van der Waals surface area contributed by atoms with E-state index in [1.165, 1.54) is 9.58 Å². The van der Waals surface area contributed by atoms with Gasteiger partial charge >= 0.3 is 5.76 Å². The number of methoxy groups -OCH3 is 1. The Bertz CT molecular complexity index is 1490. The van der Waals surface area contributed by atoms with Crippen LogP contribution < -0.4 is 10.5 Å². The minimum atomic E-state index is -0.584. The molecule has 172 valence electrons. The Balaban J connectivity index is 1.54. The van der Waals surface area contributed by atoms with Crippen molar-refractivity contribution in [3.8, 4) is 5.75 Å². The van der Waals surface area contributed by atoms with Gasteiger partial charge in [-0.25, -0.2) is 9.80 Å². The van der Waals surface area contributed by atoms with Gasteiger partial charge in [0.25, 0.3) is 5.91 Å². The van der Waals surface area contributed by atoms with Crippen molar-refractivity contribution in [1.82, 2.24) is 9.58 Å². The Morgan fingerprint density at radius 1 is 1.15 bits per heavy atom. The van der Waals surface area contributed by atoms with Crippen LogP contribution in [0, 0.1) is 6.92 Å². The first kappa shape index (κ1) is 22.0. The lowest BCUT2D eigenvalue weighted by molar-refractivity contribution is -0.133. The summed E-state index contributed by atoms with van der Waals surface area (Å²) >= 11 is 6.50. The van der Waals surface area contributed by atoms with E-state index in [4.69, 9.17) is 20.8 Å². The maximum Gasteiger partial charge on any atom is 0.420 e. The Kier molecular flexibility index (Phi) is 5.71. The highest BCUT2D eigenvalue weighted by atomic mass is 35.5. The predicted octanol–water partition coefficient (Wildman–Crippen LogP) is 4.94. The van der Waals surface area contributed by atoms with Crippen LogP contribution in [0.25, 0.3) is 11.1 Å². The van der Waals surface area contributed by atoms with E-state index < -0.39 is 11.8 Å². The maximum atomic E-state index is 13.5. The van der Waals surface area contributed by atoms with Gasteiger partial charge in [-0.05, 0) is 48.4 Å². The van der Waals surface area contributed by atoms with Crippen molar-refractivity contribution in [2.75, 3.05) is 7.11 Å². The molecule has 1 unspecified atom stereocenters. The van der Waals surface area contributed by atoms with Crippen LogP contribution in [0.2, 0.25) is 5.02 Å². The second kappa shape index (κ2) is 8.83. The second-order valence-corrected chi connectivity index (χ2v) is 8.59. The molecule has 0 spiro atoms. The molecule has 1 aliphatic heterocycles. The van der Waals surface area contributed by atoms with Gasteiger partial charge in [-0.3, -0.25) is 9.36 Å². The molecule has 5 rings (SSSR count). The average molecular weight is 476 g/mol. The molecule has 8 heteroatoms. The third-order valence-electron chi connectivity index (χ3n) is 5.95. The fraction of sp³-hybridized carbons (Fsp3) is 0.192. The van der Waals surface area contributed by atoms with Gasteiger partial charge < -0.3 is 9.15 Å². The molecule has 1 aromatic heterocycles. The number of ether oxygens (including phenoxy) is 1. The van der Waals surface area contributed by atoms with Gasteiger partial charge in [0.1, 0.15) is 12.3 Å². The molecule has 1 aliphatic rings. The smallest absolute Gasteiger partial charge is 0.420 e. The van der Waals surface area contributed by atoms with Crippen molar-refractivity contribution in [3.63, 3.8) is 0 Å². The molecular formula is C26H22ClN3O4. The Morgan fingerprint density at radius 3 is 2.76 bits per heavy atom. The van der Waals surface area contributed by atoms with Crippen molar-refractivity contribution in [1.29, 1.82) is 0 Å². The predicted molar refractivity (Wildman–Crippen MR) is 130 cm³/mol. The van der Waals surface area contributed by atoms with Crippen LogP contribution in [0.3, 0.4) is 0 Å². The average Bonchev–Trinajstić information content (AvgIpc) is 3.41. The summed E-state index contributed by atoms with van der Waals surface area (Å²) in [6, 6.07) is 20.0. The number of rotatable bonds is 5. The number of carbonyl (C=O) groups is 1. The third-order valence-corrected chi connectivity index (χ3v) is 6.29. The van der Waals surface area contributed by atoms with E-state index >= 15 is 0 Å². The van der Waals surface area contributed by atoms with Gasteiger partial charge in [0.05, 0.1) is 24.4 Å². The summed E-state index contributed by atoms with van der Waals surface area (Å²) in [4.78, 5) is 26.1. The molecule has 4 aromatic rings. The number of aryl methyl sites for hydroxylation is 1. The number of nitrogens with zero attached hydrogens (tertiary/aromatic N) is 3. The molecule has 0 fully saturated rings. The van der Waals surface area contributed by atoms with Crippen LogP contribution >= 0.6 is 11.6 Å². The Morgan fingerprint density at radius 2 is 1.97 bits per heavy atom. The number of aromatic nitrogens is 1. The van der Waals surface area contributed by atoms with Crippen molar-refractivity contribution >= 4 is 34.3 Å².